The first-order valence-electron chi connectivity index (χ1n) is 0. The van der Waals surface area contributed by atoms with Gasteiger partial charge >= 0.3 is 0 Å². The van der Waals surface area contributed by atoms with E-state index in [1.54, 1.807) is 0 Å². The molecular weight excluding hydrogens is 321 g/mol. The maximum Gasteiger partial charge on any atom is 0.187 e. The Labute approximate surface area is 72.0 Å². The second kappa shape index (κ2) is 18.7. The molecule has 0 aliphatic carbocycles. The topological polar surface area (TPSA) is 0 Å². The summed E-state index contributed by atoms with van der Waals surface area (Å²) in [5, 5.41) is 0. The summed E-state index contributed by atoms with van der Waals surface area (Å²) in [6, 6.07) is 0. The van der Waals surface area contributed by atoms with Gasteiger partial charge in [-0.05, 0) is 0 Å². The van der Waals surface area contributed by atoms with Crippen molar-refractivity contribution >= 4 is 30.9 Å². The monoisotopic (exact) mass is 325 g/mol. The van der Waals surface area contributed by atoms with Gasteiger partial charge in [-0.25, -0.2) is 0 Å². The third kappa shape index (κ3) is 8.87. The van der Waals surface area contributed by atoms with E-state index < -0.39 is 0 Å². The van der Waals surface area contributed by atoms with Crippen LogP contribution in [0, 0.1) is 0 Å². The smallest absolute Gasteiger partial charge is 0.187 e. The Morgan fingerprint density at radius 1 is 1.00 bits per heavy atom. The first-order chi connectivity index (χ1) is 0. The Morgan fingerprint density at radius 2 is 1.00 bits per heavy atom. The van der Waals surface area contributed by atoms with Crippen LogP contribution < -0.4 is 0 Å². The Morgan fingerprint density at radius 3 is 1.00 bits per heavy atom. The Kier molecular flexibility index (Phi) is 160. The summed E-state index contributed by atoms with van der Waals surface area (Å²) in [5.74, 6) is 0. The van der Waals surface area contributed by atoms with Crippen LogP contribution >= 0.6 is 13.5 Å². The van der Waals surface area contributed by atoms with Crippen LogP contribution in [0.3, 0.4) is 0 Å². The van der Waals surface area contributed by atoms with Gasteiger partial charge in [0.05, 0.1) is 0 Å². The van der Waals surface area contributed by atoms with Crippen LogP contribution in [-0.4, -0.2) is 17.4 Å². The van der Waals surface area contributed by atoms with Gasteiger partial charge in [0.15, 0.2) is 17.4 Å². The molecule has 0 saturated heterocycles. The zero-order chi connectivity index (χ0) is 0. The van der Waals surface area contributed by atoms with Crippen LogP contribution in [0.1, 0.15) is 0 Å². The third-order valence-electron chi connectivity index (χ3n) is 0. The zero-order valence-corrected chi connectivity index (χ0v) is 7.64. The van der Waals surface area contributed by atoms with Crippen LogP contribution in [0.15, 0.2) is 0 Å². The molecule has 0 N–H and O–H groups in total. The van der Waals surface area contributed by atoms with Gasteiger partial charge in [0, 0.05) is 41.9 Å². The van der Waals surface area contributed by atoms with E-state index in [0.29, 0.717) is 0 Å². The van der Waals surface area contributed by atoms with Crippen molar-refractivity contribution < 1.29 is 41.9 Å². The Bertz CT molecular complexity index is 8.00. The molecule has 0 fully saturated rings. The fraction of sp³-hybridized carbons (Fsp3) is 0. The molecular formula is H5AlAuSZn. The summed E-state index contributed by atoms with van der Waals surface area (Å²) in [7, 11) is 0. The molecule has 0 aromatic carbocycles. The largest absolute Gasteiger partial charge is 0.197 e. The molecule has 0 spiro atoms. The quantitative estimate of drug-likeness (QED) is 0.497. The predicted molar refractivity (Wildman–Crippen MR) is 20.3 cm³/mol. The van der Waals surface area contributed by atoms with Gasteiger partial charge in [0.1, 0.15) is 0 Å². The first-order valence-corrected chi connectivity index (χ1v) is 0. The van der Waals surface area contributed by atoms with Crippen molar-refractivity contribution in [2.45, 2.75) is 0 Å². The molecule has 0 bridgehead atoms. The van der Waals surface area contributed by atoms with Crippen molar-refractivity contribution in [2.75, 3.05) is 0 Å². The van der Waals surface area contributed by atoms with Gasteiger partial charge in [-0.3, -0.25) is 0 Å². The van der Waals surface area contributed by atoms with Crippen molar-refractivity contribution in [3.05, 3.63) is 0 Å². The summed E-state index contributed by atoms with van der Waals surface area (Å²) in [6.07, 6.45) is 0. The standard InChI is InChI=1S/Al.Au.H2S.Zn.3H/h;;1H2;;;;. The molecule has 0 aromatic rings. The fourth-order valence-electron chi connectivity index (χ4n) is 0. The molecule has 0 atom stereocenters. The Balaban J connectivity index is 0. The maximum atomic E-state index is 0. The molecule has 4 heteroatoms. The van der Waals surface area contributed by atoms with Gasteiger partial charge in [0.2, 0.25) is 0 Å². The van der Waals surface area contributed by atoms with Crippen molar-refractivity contribution in [1.29, 1.82) is 0 Å². The SMILES string of the molecule is S.[AlH3].[Au].[Zn]. The molecule has 4 heavy (non-hydrogen) atoms. The molecule has 0 unspecified atom stereocenters. The summed E-state index contributed by atoms with van der Waals surface area (Å²) in [6.45, 7) is 0. The van der Waals surface area contributed by atoms with E-state index in [-0.39, 0.29) is 72.7 Å². The van der Waals surface area contributed by atoms with Crippen LogP contribution in [0.2, 0.25) is 0 Å². The molecule has 0 amide bonds. The molecule has 0 saturated carbocycles. The van der Waals surface area contributed by atoms with Crippen molar-refractivity contribution in [1.82, 2.24) is 0 Å². The van der Waals surface area contributed by atoms with E-state index >= 15 is 0 Å². The molecule has 0 aromatic heterocycles. The van der Waals surface area contributed by atoms with Crippen LogP contribution in [0.5, 0.6) is 0 Å². The predicted octanol–water partition coefficient (Wildman–Crippen LogP) is -1.08. The second-order valence-corrected chi connectivity index (χ2v) is 0. The first kappa shape index (κ1) is 34.1. The molecule has 0 heterocycles. The summed E-state index contributed by atoms with van der Waals surface area (Å²) < 4.78 is 0. The van der Waals surface area contributed by atoms with Gasteiger partial charge in [-0.1, -0.05) is 0 Å². The van der Waals surface area contributed by atoms with E-state index in [1.165, 1.54) is 0 Å². The summed E-state index contributed by atoms with van der Waals surface area (Å²) in [5.41, 5.74) is 0. The van der Waals surface area contributed by atoms with Gasteiger partial charge in [-0.2, -0.15) is 13.5 Å². The van der Waals surface area contributed by atoms with Gasteiger partial charge in [-0.15, -0.1) is 0 Å². The van der Waals surface area contributed by atoms with Crippen molar-refractivity contribution in [3.63, 3.8) is 0 Å². The minimum absolute atomic E-state index is 0. The molecule has 27 valence electrons. The fourth-order valence-corrected chi connectivity index (χ4v) is 0. The molecule has 0 aliphatic rings. The molecule has 0 rings (SSSR count). The second-order valence-electron chi connectivity index (χ2n) is 0. The van der Waals surface area contributed by atoms with Crippen LogP contribution in [-0.2, 0) is 41.9 Å². The van der Waals surface area contributed by atoms with Crippen LogP contribution in [0.4, 0.5) is 0 Å². The minimum Gasteiger partial charge on any atom is -0.197 e. The average molecular weight is 326 g/mol. The number of hydrogen-bond acceptors (Lipinski definition) is 0. The van der Waals surface area contributed by atoms with Gasteiger partial charge in [0.25, 0.3) is 0 Å². The maximum absolute atomic E-state index is 0. The molecule has 0 aliphatic heterocycles. The number of rotatable bonds is 0. The van der Waals surface area contributed by atoms with Gasteiger partial charge < -0.3 is 0 Å². The molecule has 1 radical (unpaired) electrons. The Hall–Kier alpha value is 2.25. The summed E-state index contributed by atoms with van der Waals surface area (Å²) in [4.78, 5) is 0. The van der Waals surface area contributed by atoms with Crippen molar-refractivity contribution in [3.8, 4) is 0 Å². The zero-order valence-electron chi connectivity index (χ0n) is 1.51. The molecule has 0 nitrogen and oxygen atoms in total. The van der Waals surface area contributed by atoms with E-state index in [0.717, 1.165) is 0 Å². The minimum atomic E-state index is 0. The number of hydrogen-bond donors (Lipinski definition) is 0. The van der Waals surface area contributed by atoms with Crippen LogP contribution in [0.25, 0.3) is 0 Å². The van der Waals surface area contributed by atoms with E-state index in [2.05, 4.69) is 0 Å². The van der Waals surface area contributed by atoms with E-state index in [4.69, 9.17) is 0 Å². The normalized spacial score (nSPS) is 0. The third-order valence-corrected chi connectivity index (χ3v) is 0. The summed E-state index contributed by atoms with van der Waals surface area (Å²) >= 11 is 0. The van der Waals surface area contributed by atoms with E-state index in [9.17, 15) is 0 Å². The average Bonchev–Trinajstić information content (AvgIpc) is 0. The van der Waals surface area contributed by atoms with E-state index in [1.807, 2.05) is 0 Å². The van der Waals surface area contributed by atoms with Crippen molar-refractivity contribution in [2.24, 2.45) is 0 Å².